The molecule has 2 amide bonds. The maximum Gasteiger partial charge on any atom is 0.318 e. The number of morpholine rings is 1. The van der Waals surface area contributed by atoms with Gasteiger partial charge in [-0.3, -0.25) is 4.90 Å². The molecule has 1 aromatic rings. The normalized spacial score (nSPS) is 15.3. The van der Waals surface area contributed by atoms with Crippen molar-refractivity contribution in [2.45, 2.75) is 46.2 Å². The molecular weight excluding hydrogens is 380 g/mol. The Morgan fingerprint density at radius 1 is 1.39 bits per heavy atom. The maximum atomic E-state index is 12.3. The van der Waals surface area contributed by atoms with Crippen molar-refractivity contribution in [2.75, 3.05) is 39.9 Å². The number of hydrogen-bond acceptors (Lipinski definition) is 7. The van der Waals surface area contributed by atoms with Crippen molar-refractivity contribution in [3.63, 3.8) is 0 Å². The third-order valence-electron chi connectivity index (χ3n) is 4.23. The standard InChI is InChI=1S/C17H28N4O4S.CH4.CH3/c1-12(2)15-18-13(11-26-15)10-20(3)17(24)19-14(16(22)23)4-5-21-6-8-25-9-7-21;;/h11-12,14H,4-10H2,1-3H3,(H,19,24)(H,22,23);1H4;1H3/q;;+1/p-1/t14-;;/m0../s1. The van der Waals surface area contributed by atoms with Crippen LogP contribution in [-0.4, -0.2) is 72.7 Å². The fraction of sp³-hybridized carbons (Fsp3) is 0.684. The van der Waals surface area contributed by atoms with Gasteiger partial charge in [-0.05, 0) is 6.42 Å². The molecule has 0 radical (unpaired) electrons. The first-order valence-electron chi connectivity index (χ1n) is 8.83. The monoisotopic (exact) mass is 414 g/mol. The number of nitrogens with zero attached hydrogens (tertiary/aromatic N) is 3. The van der Waals surface area contributed by atoms with Gasteiger partial charge >= 0.3 is 6.03 Å². The molecule has 28 heavy (non-hydrogen) atoms. The summed E-state index contributed by atoms with van der Waals surface area (Å²) in [5.41, 5.74) is 0.801. The predicted molar refractivity (Wildman–Crippen MR) is 110 cm³/mol. The van der Waals surface area contributed by atoms with Crippen LogP contribution in [-0.2, 0) is 16.1 Å². The average molecular weight is 415 g/mol. The van der Waals surface area contributed by atoms with Gasteiger partial charge in [0.1, 0.15) is 0 Å². The van der Waals surface area contributed by atoms with Crippen molar-refractivity contribution in [1.29, 1.82) is 0 Å². The lowest BCUT2D eigenvalue weighted by Gasteiger charge is -2.29. The van der Waals surface area contributed by atoms with E-state index in [1.807, 2.05) is 5.38 Å². The van der Waals surface area contributed by atoms with Gasteiger partial charge in [-0.25, -0.2) is 9.78 Å². The summed E-state index contributed by atoms with van der Waals surface area (Å²) in [5, 5.41) is 16.9. The Balaban J connectivity index is 0.00000364. The molecule has 0 aromatic carbocycles. The third kappa shape index (κ3) is 8.04. The number of carboxylic acid groups (broad SMARTS) is 1. The van der Waals surface area contributed by atoms with E-state index in [9.17, 15) is 14.7 Å². The number of aromatic nitrogens is 1. The fourth-order valence-electron chi connectivity index (χ4n) is 2.62. The minimum atomic E-state index is -1.27. The van der Waals surface area contributed by atoms with Crippen LogP contribution in [0.5, 0.6) is 0 Å². The molecule has 0 spiro atoms. The van der Waals surface area contributed by atoms with Crippen molar-refractivity contribution < 1.29 is 19.4 Å². The van der Waals surface area contributed by atoms with Crippen molar-refractivity contribution >= 4 is 23.3 Å². The van der Waals surface area contributed by atoms with Gasteiger partial charge in [0.15, 0.2) is 0 Å². The summed E-state index contributed by atoms with van der Waals surface area (Å²) in [5.74, 6) is -0.925. The lowest BCUT2D eigenvalue weighted by Crippen LogP contribution is -2.52. The minimum Gasteiger partial charge on any atom is -0.548 e. The number of nitrogens with one attached hydrogen (secondary N) is 1. The number of rotatable bonds is 8. The van der Waals surface area contributed by atoms with Crippen LogP contribution in [0.3, 0.4) is 0 Å². The van der Waals surface area contributed by atoms with E-state index >= 15 is 0 Å². The van der Waals surface area contributed by atoms with Gasteiger partial charge in [-0.2, -0.15) is 0 Å². The average Bonchev–Trinajstić information content (AvgIpc) is 3.07. The van der Waals surface area contributed by atoms with Gasteiger partial charge in [0.05, 0.1) is 42.5 Å². The van der Waals surface area contributed by atoms with E-state index in [-0.39, 0.29) is 14.9 Å². The zero-order valence-corrected chi connectivity index (χ0v) is 17.4. The van der Waals surface area contributed by atoms with E-state index in [1.165, 1.54) is 4.90 Å². The van der Waals surface area contributed by atoms with E-state index in [2.05, 4.69) is 29.0 Å². The molecule has 1 fully saturated rings. The van der Waals surface area contributed by atoms with Crippen LogP contribution in [0.15, 0.2) is 5.38 Å². The van der Waals surface area contributed by atoms with Crippen LogP contribution in [0.2, 0.25) is 0 Å². The first-order chi connectivity index (χ1) is 12.4. The zero-order valence-electron chi connectivity index (χ0n) is 16.6. The second-order valence-electron chi connectivity index (χ2n) is 6.75. The molecule has 1 saturated heterocycles. The Morgan fingerprint density at radius 2 is 2.04 bits per heavy atom. The van der Waals surface area contributed by atoms with Gasteiger partial charge in [0, 0.05) is 45.4 Å². The molecule has 0 unspecified atom stereocenters. The summed E-state index contributed by atoms with van der Waals surface area (Å²) in [6, 6.07) is -1.46. The predicted octanol–water partition coefficient (Wildman–Crippen LogP) is 1.34. The SMILES string of the molecule is C.CC(C)c1nc(CN(C)C(=O)N[C@@H](CCN2CCOCC2)C(=O)[O-])cs1.[CH3+]. The topological polar surface area (TPSA) is 97.8 Å². The van der Waals surface area contributed by atoms with E-state index in [0.29, 0.717) is 38.6 Å². The number of hydrogen-bond donors (Lipinski definition) is 1. The Morgan fingerprint density at radius 3 is 2.57 bits per heavy atom. The highest BCUT2D eigenvalue weighted by Crippen LogP contribution is 2.19. The minimum absolute atomic E-state index is 0. The lowest BCUT2D eigenvalue weighted by molar-refractivity contribution is -0.308. The molecule has 1 N–H and O–H groups in total. The highest BCUT2D eigenvalue weighted by molar-refractivity contribution is 7.09. The summed E-state index contributed by atoms with van der Waals surface area (Å²) in [7, 11) is 1.62. The number of carbonyl (C=O) groups excluding carboxylic acids is 2. The second kappa shape index (κ2) is 12.6. The van der Waals surface area contributed by atoms with Gasteiger partial charge < -0.3 is 24.9 Å². The molecule has 9 heteroatoms. The third-order valence-corrected chi connectivity index (χ3v) is 5.42. The second-order valence-corrected chi connectivity index (χ2v) is 7.64. The molecule has 8 nitrogen and oxygen atoms in total. The van der Waals surface area contributed by atoms with Crippen LogP contribution >= 0.6 is 11.3 Å². The summed E-state index contributed by atoms with van der Waals surface area (Å²) >= 11 is 1.56. The maximum absolute atomic E-state index is 12.3. The first-order valence-corrected chi connectivity index (χ1v) is 9.71. The van der Waals surface area contributed by atoms with Crippen LogP contribution in [0, 0.1) is 7.43 Å². The Labute approximate surface area is 172 Å². The molecule has 1 aliphatic heterocycles. The molecule has 160 valence electrons. The summed E-state index contributed by atoms with van der Waals surface area (Å²) in [4.78, 5) is 31.7. The lowest BCUT2D eigenvalue weighted by atomic mass is 10.2. The molecule has 0 saturated carbocycles. The molecule has 2 heterocycles. The van der Waals surface area contributed by atoms with Crippen LogP contribution < -0.4 is 10.4 Å². The number of aliphatic carboxylic acids is 1. The number of ether oxygens (including phenoxy) is 1. The Bertz CT molecular complexity index is 603. The molecular formula is C19H34N4O4S. The molecule has 1 aromatic heterocycles. The summed E-state index contributed by atoms with van der Waals surface area (Å²) in [6.07, 6.45) is 0.302. The van der Waals surface area contributed by atoms with Crippen molar-refractivity contribution in [1.82, 2.24) is 20.1 Å². The van der Waals surface area contributed by atoms with Gasteiger partial charge in [0.2, 0.25) is 0 Å². The van der Waals surface area contributed by atoms with Crippen LogP contribution in [0.25, 0.3) is 0 Å². The van der Waals surface area contributed by atoms with Crippen molar-refractivity contribution in [3.8, 4) is 0 Å². The Hall–Kier alpha value is -1.84. The van der Waals surface area contributed by atoms with Crippen LogP contribution in [0.1, 0.15) is 44.3 Å². The van der Waals surface area contributed by atoms with E-state index in [4.69, 9.17) is 4.74 Å². The highest BCUT2D eigenvalue weighted by Gasteiger charge is 2.19. The molecule has 0 aliphatic carbocycles. The number of carboxylic acids is 1. The number of amides is 2. The van der Waals surface area contributed by atoms with Gasteiger partial charge in [0.25, 0.3) is 0 Å². The zero-order chi connectivity index (χ0) is 19.1. The molecule has 1 atom stereocenters. The highest BCUT2D eigenvalue weighted by atomic mass is 32.1. The number of urea groups is 1. The Kier molecular flexibility index (Phi) is 11.8. The van der Waals surface area contributed by atoms with Gasteiger partial charge in [-0.1, -0.05) is 21.3 Å². The van der Waals surface area contributed by atoms with E-state index in [1.54, 1.807) is 18.4 Å². The van der Waals surface area contributed by atoms with E-state index in [0.717, 1.165) is 23.8 Å². The van der Waals surface area contributed by atoms with Crippen molar-refractivity contribution in [3.05, 3.63) is 23.5 Å². The molecule has 0 bridgehead atoms. The van der Waals surface area contributed by atoms with Crippen LogP contribution in [0.4, 0.5) is 4.79 Å². The van der Waals surface area contributed by atoms with Crippen molar-refractivity contribution in [2.24, 2.45) is 0 Å². The smallest absolute Gasteiger partial charge is 0.318 e. The van der Waals surface area contributed by atoms with E-state index < -0.39 is 18.0 Å². The number of thiazole rings is 1. The largest absolute Gasteiger partial charge is 0.548 e. The van der Waals surface area contributed by atoms with Gasteiger partial charge in [-0.15, -0.1) is 11.3 Å². The number of carbonyl (C=O) groups is 2. The quantitative estimate of drug-likeness (QED) is 0.645. The molecule has 1 aliphatic rings. The molecule has 2 rings (SSSR count). The fourth-order valence-corrected chi connectivity index (χ4v) is 3.45. The summed E-state index contributed by atoms with van der Waals surface area (Å²) < 4.78 is 5.27. The summed E-state index contributed by atoms with van der Waals surface area (Å²) in [6.45, 7) is 7.89. The first kappa shape index (κ1) is 26.2.